The van der Waals surface area contributed by atoms with Gasteiger partial charge in [-0.25, -0.2) is 9.97 Å². The Morgan fingerprint density at radius 1 is 1.06 bits per heavy atom. The van der Waals surface area contributed by atoms with Crippen LogP contribution in [0.25, 0.3) is 22.6 Å². The molecule has 2 aromatic heterocycles. The Morgan fingerprint density at radius 3 is 2.54 bits per heavy atom. The monoisotopic (exact) mass is 470 g/mol. The normalized spacial score (nSPS) is 14.2. The van der Waals surface area contributed by atoms with Crippen LogP contribution < -0.4 is 10.6 Å². The van der Waals surface area contributed by atoms with Crippen LogP contribution in [0.5, 0.6) is 0 Å². The Balaban J connectivity index is 1.30. The number of carbonyl (C=O) groups is 1. The molecule has 8 heteroatoms. The van der Waals surface area contributed by atoms with E-state index in [0.717, 1.165) is 67.5 Å². The van der Waals surface area contributed by atoms with Crippen molar-refractivity contribution in [2.45, 2.75) is 13.8 Å². The third-order valence-corrected chi connectivity index (χ3v) is 6.38. The van der Waals surface area contributed by atoms with E-state index >= 15 is 0 Å². The van der Waals surface area contributed by atoms with Gasteiger partial charge in [-0.05, 0) is 55.3 Å². The number of amides is 1. The Kier molecular flexibility index (Phi) is 6.74. The zero-order valence-corrected chi connectivity index (χ0v) is 20.1. The lowest BCUT2D eigenvalue weighted by Gasteiger charge is -2.26. The fraction of sp³-hybridized carbons (Fsp3) is 0.296. The van der Waals surface area contributed by atoms with E-state index in [1.165, 1.54) is 0 Å². The summed E-state index contributed by atoms with van der Waals surface area (Å²) >= 11 is 0. The first-order chi connectivity index (χ1) is 17.1. The molecule has 1 fully saturated rings. The smallest absolute Gasteiger partial charge is 0.257 e. The molecule has 1 saturated heterocycles. The van der Waals surface area contributed by atoms with Crippen LogP contribution in [0.15, 0.2) is 54.7 Å². The van der Waals surface area contributed by atoms with Crippen LogP contribution in [0.3, 0.4) is 0 Å². The van der Waals surface area contributed by atoms with Gasteiger partial charge in [-0.2, -0.15) is 0 Å². The standard InChI is InChI=1S/C27H30N6O2/c1-18-4-3-5-19(2)23(18)31-27(34)22-10-11-29-26-24(22)30-25(32-26)20-6-8-21(9-7-20)28-12-13-33-14-16-35-17-15-33/h3-11,28H,12-17H2,1-2H3,(H,31,34)(H,29,30,32). The van der Waals surface area contributed by atoms with Crippen molar-refractivity contribution in [1.82, 2.24) is 19.9 Å². The van der Waals surface area contributed by atoms with Gasteiger partial charge in [-0.3, -0.25) is 9.69 Å². The lowest BCUT2D eigenvalue weighted by atomic mass is 10.1. The second-order valence-electron chi connectivity index (χ2n) is 8.82. The maximum Gasteiger partial charge on any atom is 0.257 e. The molecule has 3 N–H and O–H groups in total. The number of fused-ring (bicyclic) bond motifs is 1. The predicted molar refractivity (Wildman–Crippen MR) is 139 cm³/mol. The molecule has 5 rings (SSSR count). The van der Waals surface area contributed by atoms with Crippen molar-refractivity contribution in [3.05, 3.63) is 71.4 Å². The van der Waals surface area contributed by atoms with Gasteiger partial charge in [0.15, 0.2) is 5.65 Å². The van der Waals surface area contributed by atoms with Gasteiger partial charge in [-0.15, -0.1) is 0 Å². The molecular weight excluding hydrogens is 440 g/mol. The summed E-state index contributed by atoms with van der Waals surface area (Å²) in [6.45, 7) is 9.46. The fourth-order valence-corrected chi connectivity index (χ4v) is 4.36. The number of hydrogen-bond donors (Lipinski definition) is 3. The molecule has 2 aromatic carbocycles. The van der Waals surface area contributed by atoms with Crippen LogP contribution in [-0.4, -0.2) is 65.2 Å². The van der Waals surface area contributed by atoms with Crippen molar-refractivity contribution in [3.8, 4) is 11.4 Å². The minimum Gasteiger partial charge on any atom is -0.384 e. The molecule has 0 saturated carbocycles. The lowest BCUT2D eigenvalue weighted by Crippen LogP contribution is -2.38. The van der Waals surface area contributed by atoms with Gasteiger partial charge in [0.1, 0.15) is 5.82 Å². The molecule has 180 valence electrons. The highest BCUT2D eigenvalue weighted by molar-refractivity contribution is 6.11. The van der Waals surface area contributed by atoms with Gasteiger partial charge in [-0.1, -0.05) is 18.2 Å². The number of morpholine rings is 1. The number of ether oxygens (including phenoxy) is 1. The molecule has 0 atom stereocenters. The van der Waals surface area contributed by atoms with Crippen LogP contribution in [0.2, 0.25) is 0 Å². The first-order valence-corrected chi connectivity index (χ1v) is 12.0. The van der Waals surface area contributed by atoms with E-state index in [-0.39, 0.29) is 5.91 Å². The molecule has 4 aromatic rings. The van der Waals surface area contributed by atoms with E-state index in [2.05, 4.69) is 30.5 Å². The van der Waals surface area contributed by atoms with Crippen molar-refractivity contribution >= 4 is 28.4 Å². The van der Waals surface area contributed by atoms with Gasteiger partial charge >= 0.3 is 0 Å². The average Bonchev–Trinajstić information content (AvgIpc) is 3.32. The molecule has 3 heterocycles. The van der Waals surface area contributed by atoms with Gasteiger partial charge in [0.2, 0.25) is 0 Å². The predicted octanol–water partition coefficient (Wildman–Crippen LogP) is 4.24. The second-order valence-corrected chi connectivity index (χ2v) is 8.82. The highest BCUT2D eigenvalue weighted by Crippen LogP contribution is 2.25. The summed E-state index contributed by atoms with van der Waals surface area (Å²) in [5.41, 5.74) is 6.52. The van der Waals surface area contributed by atoms with Crippen molar-refractivity contribution in [2.75, 3.05) is 50.0 Å². The third-order valence-electron chi connectivity index (χ3n) is 6.38. The van der Waals surface area contributed by atoms with Crippen molar-refractivity contribution in [2.24, 2.45) is 0 Å². The summed E-state index contributed by atoms with van der Waals surface area (Å²) in [4.78, 5) is 27.8. The number of aryl methyl sites for hydroxylation is 2. The van der Waals surface area contributed by atoms with Gasteiger partial charge < -0.3 is 20.4 Å². The summed E-state index contributed by atoms with van der Waals surface area (Å²) < 4.78 is 5.40. The quantitative estimate of drug-likeness (QED) is 0.374. The number of anilines is 2. The lowest BCUT2D eigenvalue weighted by molar-refractivity contribution is 0.0398. The van der Waals surface area contributed by atoms with Crippen molar-refractivity contribution in [3.63, 3.8) is 0 Å². The Labute approximate surface area is 204 Å². The van der Waals surface area contributed by atoms with E-state index in [1.54, 1.807) is 12.3 Å². The van der Waals surface area contributed by atoms with E-state index in [1.807, 2.05) is 56.3 Å². The largest absolute Gasteiger partial charge is 0.384 e. The molecule has 1 aliphatic heterocycles. The number of carbonyl (C=O) groups excluding carboxylic acids is 1. The second kappa shape index (κ2) is 10.2. The minimum absolute atomic E-state index is 0.190. The minimum atomic E-state index is -0.190. The molecular formula is C27H30N6O2. The highest BCUT2D eigenvalue weighted by atomic mass is 16.5. The topological polar surface area (TPSA) is 95.2 Å². The highest BCUT2D eigenvalue weighted by Gasteiger charge is 2.17. The number of pyridine rings is 1. The zero-order chi connectivity index (χ0) is 24.2. The number of aromatic amines is 1. The number of H-pyrrole nitrogens is 1. The average molecular weight is 471 g/mol. The molecule has 0 unspecified atom stereocenters. The summed E-state index contributed by atoms with van der Waals surface area (Å²) in [7, 11) is 0. The number of nitrogens with zero attached hydrogens (tertiary/aromatic N) is 3. The molecule has 0 radical (unpaired) electrons. The van der Waals surface area contributed by atoms with E-state index in [4.69, 9.17) is 4.74 Å². The van der Waals surface area contributed by atoms with Crippen LogP contribution in [0.4, 0.5) is 11.4 Å². The SMILES string of the molecule is Cc1cccc(C)c1NC(=O)c1ccnc2nc(-c3ccc(NCCN4CCOCC4)cc3)[nH]c12. The third kappa shape index (κ3) is 5.18. The Bertz CT molecular complexity index is 1310. The number of aromatic nitrogens is 3. The first-order valence-electron chi connectivity index (χ1n) is 12.0. The number of hydrogen-bond acceptors (Lipinski definition) is 6. The summed E-state index contributed by atoms with van der Waals surface area (Å²) in [6.07, 6.45) is 1.62. The summed E-state index contributed by atoms with van der Waals surface area (Å²) in [5.74, 6) is 0.490. The number of nitrogens with one attached hydrogen (secondary N) is 3. The number of benzene rings is 2. The van der Waals surface area contributed by atoms with E-state index < -0.39 is 0 Å². The maximum atomic E-state index is 13.1. The molecule has 0 aliphatic carbocycles. The molecule has 0 spiro atoms. The van der Waals surface area contributed by atoms with Crippen molar-refractivity contribution in [1.29, 1.82) is 0 Å². The zero-order valence-electron chi connectivity index (χ0n) is 20.1. The Hall–Kier alpha value is -3.75. The van der Waals surface area contributed by atoms with Crippen LogP contribution in [-0.2, 0) is 4.74 Å². The fourth-order valence-electron chi connectivity index (χ4n) is 4.36. The van der Waals surface area contributed by atoms with Gasteiger partial charge in [0.05, 0.1) is 24.3 Å². The summed E-state index contributed by atoms with van der Waals surface area (Å²) in [6, 6.07) is 15.8. The maximum absolute atomic E-state index is 13.1. The Morgan fingerprint density at radius 2 is 1.80 bits per heavy atom. The number of para-hydroxylation sites is 1. The molecule has 35 heavy (non-hydrogen) atoms. The molecule has 1 amide bonds. The number of rotatable bonds is 7. The van der Waals surface area contributed by atoms with Crippen LogP contribution in [0.1, 0.15) is 21.5 Å². The van der Waals surface area contributed by atoms with Crippen molar-refractivity contribution < 1.29 is 9.53 Å². The van der Waals surface area contributed by atoms with E-state index in [9.17, 15) is 4.79 Å². The number of imidazole rings is 1. The first kappa shape index (κ1) is 23.0. The molecule has 1 aliphatic rings. The van der Waals surface area contributed by atoms with Gasteiger partial charge in [0, 0.05) is 49.3 Å². The van der Waals surface area contributed by atoms with E-state index in [0.29, 0.717) is 22.6 Å². The van der Waals surface area contributed by atoms with Crippen LogP contribution in [0, 0.1) is 13.8 Å². The molecule has 0 bridgehead atoms. The van der Waals surface area contributed by atoms with Crippen LogP contribution >= 0.6 is 0 Å². The summed E-state index contributed by atoms with van der Waals surface area (Å²) in [5, 5.41) is 6.53. The van der Waals surface area contributed by atoms with Gasteiger partial charge in [0.25, 0.3) is 5.91 Å². The molecule has 8 nitrogen and oxygen atoms in total.